The summed E-state index contributed by atoms with van der Waals surface area (Å²) in [6.45, 7) is 7.12. The summed E-state index contributed by atoms with van der Waals surface area (Å²) in [6.07, 6.45) is 3.05. The van der Waals surface area contributed by atoms with Crippen LogP contribution in [0.2, 0.25) is 0 Å². The van der Waals surface area contributed by atoms with Crippen molar-refractivity contribution in [2.45, 2.75) is 19.0 Å². The Bertz CT molecular complexity index is 739. The highest BCUT2D eigenvalue weighted by Gasteiger charge is 2.31. The predicted octanol–water partition coefficient (Wildman–Crippen LogP) is 1.91. The molecule has 4 rings (SSSR count). The Labute approximate surface area is 166 Å². The maximum absolute atomic E-state index is 5.67. The van der Waals surface area contributed by atoms with Crippen LogP contribution in [-0.2, 0) is 16.0 Å². The van der Waals surface area contributed by atoms with Crippen LogP contribution in [0.3, 0.4) is 0 Å². The molecule has 0 saturated carbocycles. The monoisotopic (exact) mass is 386 g/mol. The topological polar surface area (TPSA) is 71.6 Å². The molecular weight excluding hydrogens is 356 g/mol. The largest absolute Gasteiger partial charge is 0.497 e. The van der Waals surface area contributed by atoms with E-state index in [4.69, 9.17) is 14.2 Å². The van der Waals surface area contributed by atoms with Gasteiger partial charge in [0.25, 0.3) is 0 Å². The van der Waals surface area contributed by atoms with E-state index >= 15 is 0 Å². The predicted molar refractivity (Wildman–Crippen MR) is 107 cm³/mol. The van der Waals surface area contributed by atoms with Gasteiger partial charge in [0.2, 0.25) is 0 Å². The van der Waals surface area contributed by atoms with E-state index in [2.05, 4.69) is 26.5 Å². The third kappa shape index (κ3) is 4.55. The second-order valence-electron chi connectivity index (χ2n) is 7.47. The zero-order chi connectivity index (χ0) is 19.2. The Kier molecular flexibility index (Phi) is 6.59. The van der Waals surface area contributed by atoms with Crippen LogP contribution >= 0.6 is 0 Å². The summed E-state index contributed by atoms with van der Waals surface area (Å²) < 4.78 is 16.6. The number of rotatable bonds is 8. The lowest BCUT2D eigenvalue weighted by Crippen LogP contribution is -2.51. The molecule has 2 saturated heterocycles. The number of hydrogen-bond donors (Lipinski definition) is 2. The van der Waals surface area contributed by atoms with E-state index in [9.17, 15) is 0 Å². The first-order valence-electron chi connectivity index (χ1n) is 10.1. The highest BCUT2D eigenvalue weighted by atomic mass is 16.5. The normalized spacial score (nSPS) is 21.7. The third-order valence-electron chi connectivity index (χ3n) is 5.77. The summed E-state index contributed by atoms with van der Waals surface area (Å²) in [5, 5.41) is 11.1. The van der Waals surface area contributed by atoms with E-state index in [1.54, 1.807) is 7.11 Å². The molecule has 1 aromatic carbocycles. The third-order valence-corrected chi connectivity index (χ3v) is 5.77. The number of benzene rings is 1. The summed E-state index contributed by atoms with van der Waals surface area (Å²) in [4.78, 5) is 2.56. The molecule has 3 heterocycles. The van der Waals surface area contributed by atoms with Gasteiger partial charge in [-0.15, -0.1) is 0 Å². The molecule has 0 spiro atoms. The van der Waals surface area contributed by atoms with Crippen molar-refractivity contribution in [3.8, 4) is 17.0 Å². The van der Waals surface area contributed by atoms with Crippen molar-refractivity contribution < 1.29 is 14.2 Å². The molecule has 0 aliphatic carbocycles. The van der Waals surface area contributed by atoms with E-state index in [1.807, 2.05) is 24.4 Å². The zero-order valence-corrected chi connectivity index (χ0v) is 16.5. The summed E-state index contributed by atoms with van der Waals surface area (Å²) >= 11 is 0. The molecule has 152 valence electrons. The van der Waals surface area contributed by atoms with Crippen molar-refractivity contribution in [2.24, 2.45) is 5.92 Å². The van der Waals surface area contributed by atoms with E-state index in [0.717, 1.165) is 81.6 Å². The molecule has 2 atom stereocenters. The molecule has 2 fully saturated rings. The second-order valence-corrected chi connectivity index (χ2v) is 7.47. The van der Waals surface area contributed by atoms with Crippen LogP contribution in [0.1, 0.15) is 12.0 Å². The Morgan fingerprint density at radius 3 is 2.96 bits per heavy atom. The molecule has 2 N–H and O–H groups in total. The molecule has 2 aromatic rings. The smallest absolute Gasteiger partial charge is 0.119 e. The average Bonchev–Trinajstić information content (AvgIpc) is 3.44. The number of methoxy groups -OCH3 is 1. The van der Waals surface area contributed by atoms with Gasteiger partial charge in [0.05, 0.1) is 38.8 Å². The van der Waals surface area contributed by atoms with Gasteiger partial charge in [0.1, 0.15) is 5.75 Å². The molecular formula is C21H30N4O3. The maximum atomic E-state index is 5.67. The maximum Gasteiger partial charge on any atom is 0.119 e. The molecule has 2 aliphatic rings. The molecule has 7 nitrogen and oxygen atoms in total. The number of nitrogens with zero attached hydrogens (tertiary/aromatic N) is 2. The summed E-state index contributed by atoms with van der Waals surface area (Å²) in [5.74, 6) is 1.44. The standard InChI is InChI=1S/C21H30N4O3/c1-26-19-4-2-3-16(11-19)21-18(13-23-24-21)12-22-14-20(17-5-8-28-15-17)25-6-9-27-10-7-25/h2-4,11,13,17,20,22H,5-10,12,14-15H2,1H3,(H,23,24). The molecule has 2 unspecified atom stereocenters. The van der Waals surface area contributed by atoms with Gasteiger partial charge in [-0.05, 0) is 18.6 Å². The fraction of sp³-hybridized carbons (Fsp3) is 0.571. The minimum Gasteiger partial charge on any atom is -0.497 e. The van der Waals surface area contributed by atoms with Gasteiger partial charge in [-0.3, -0.25) is 10.00 Å². The van der Waals surface area contributed by atoms with Gasteiger partial charge in [-0.1, -0.05) is 12.1 Å². The van der Waals surface area contributed by atoms with Gasteiger partial charge in [-0.2, -0.15) is 5.10 Å². The van der Waals surface area contributed by atoms with Crippen molar-refractivity contribution in [1.82, 2.24) is 20.4 Å². The van der Waals surface area contributed by atoms with Gasteiger partial charge in [-0.25, -0.2) is 0 Å². The lowest BCUT2D eigenvalue weighted by molar-refractivity contribution is 0.00137. The molecule has 0 radical (unpaired) electrons. The Morgan fingerprint density at radius 1 is 1.29 bits per heavy atom. The fourth-order valence-electron chi connectivity index (χ4n) is 4.19. The Hall–Kier alpha value is -1.93. The van der Waals surface area contributed by atoms with Crippen molar-refractivity contribution in [1.29, 1.82) is 0 Å². The first kappa shape index (κ1) is 19.4. The van der Waals surface area contributed by atoms with Crippen LogP contribution < -0.4 is 10.1 Å². The van der Waals surface area contributed by atoms with Gasteiger partial charge in [0, 0.05) is 55.9 Å². The first-order chi connectivity index (χ1) is 13.8. The number of aromatic nitrogens is 2. The summed E-state index contributed by atoms with van der Waals surface area (Å²) in [7, 11) is 1.69. The highest BCUT2D eigenvalue weighted by Crippen LogP contribution is 2.25. The summed E-state index contributed by atoms with van der Waals surface area (Å²) in [6, 6.07) is 8.54. The van der Waals surface area contributed by atoms with Crippen LogP contribution in [0.25, 0.3) is 11.3 Å². The van der Waals surface area contributed by atoms with E-state index in [0.29, 0.717) is 12.0 Å². The Balaban J connectivity index is 1.40. The molecule has 0 bridgehead atoms. The van der Waals surface area contributed by atoms with E-state index < -0.39 is 0 Å². The minimum absolute atomic E-state index is 0.485. The second kappa shape index (κ2) is 9.52. The van der Waals surface area contributed by atoms with Crippen molar-refractivity contribution in [3.63, 3.8) is 0 Å². The lowest BCUT2D eigenvalue weighted by Gasteiger charge is -2.37. The number of morpholine rings is 1. The molecule has 2 aliphatic heterocycles. The lowest BCUT2D eigenvalue weighted by atomic mass is 9.96. The molecule has 28 heavy (non-hydrogen) atoms. The average molecular weight is 386 g/mol. The van der Waals surface area contributed by atoms with Crippen LogP contribution in [-0.4, -0.2) is 74.3 Å². The SMILES string of the molecule is COc1cccc(-c2[nH]ncc2CNCC(C2CCOC2)N2CCOCC2)c1. The zero-order valence-electron chi connectivity index (χ0n) is 16.5. The van der Waals surface area contributed by atoms with Gasteiger partial charge in [0.15, 0.2) is 0 Å². The van der Waals surface area contributed by atoms with Crippen LogP contribution in [0, 0.1) is 5.92 Å². The van der Waals surface area contributed by atoms with E-state index in [1.165, 1.54) is 0 Å². The fourth-order valence-corrected chi connectivity index (χ4v) is 4.19. The van der Waals surface area contributed by atoms with Crippen LogP contribution in [0.4, 0.5) is 0 Å². The molecule has 1 aromatic heterocycles. The van der Waals surface area contributed by atoms with Crippen LogP contribution in [0.5, 0.6) is 5.75 Å². The molecule has 0 amide bonds. The quantitative estimate of drug-likeness (QED) is 0.722. The highest BCUT2D eigenvalue weighted by molar-refractivity contribution is 5.64. The number of H-pyrrole nitrogens is 1. The van der Waals surface area contributed by atoms with Gasteiger partial charge >= 0.3 is 0 Å². The van der Waals surface area contributed by atoms with Crippen molar-refractivity contribution in [2.75, 3.05) is 53.2 Å². The Morgan fingerprint density at radius 2 is 2.18 bits per heavy atom. The number of nitrogens with one attached hydrogen (secondary N) is 2. The molecule has 7 heteroatoms. The summed E-state index contributed by atoms with van der Waals surface area (Å²) in [5.41, 5.74) is 3.29. The first-order valence-corrected chi connectivity index (χ1v) is 10.1. The number of ether oxygens (including phenoxy) is 3. The van der Waals surface area contributed by atoms with Crippen molar-refractivity contribution in [3.05, 3.63) is 36.0 Å². The van der Waals surface area contributed by atoms with Gasteiger partial charge < -0.3 is 19.5 Å². The van der Waals surface area contributed by atoms with Crippen molar-refractivity contribution >= 4 is 0 Å². The number of hydrogen-bond acceptors (Lipinski definition) is 6. The van der Waals surface area contributed by atoms with E-state index in [-0.39, 0.29) is 0 Å². The minimum atomic E-state index is 0.485. The number of aromatic amines is 1. The van der Waals surface area contributed by atoms with Crippen LogP contribution in [0.15, 0.2) is 30.5 Å².